The van der Waals surface area contributed by atoms with Gasteiger partial charge in [-0.1, -0.05) is 51.0 Å². The minimum absolute atomic E-state index is 0.183. The van der Waals surface area contributed by atoms with Crippen molar-refractivity contribution < 1.29 is 14.3 Å². The number of carbonyl (C=O) groups is 2. The molecule has 4 heteroatoms. The van der Waals surface area contributed by atoms with Crippen molar-refractivity contribution in [1.82, 2.24) is 5.32 Å². The fourth-order valence-electron chi connectivity index (χ4n) is 3.15. The van der Waals surface area contributed by atoms with Crippen LogP contribution in [0.4, 0.5) is 0 Å². The molecule has 4 nitrogen and oxygen atoms in total. The number of esters is 1. The van der Waals surface area contributed by atoms with Crippen LogP contribution in [-0.2, 0) is 14.3 Å². The Morgan fingerprint density at radius 2 is 2.00 bits per heavy atom. The standard InChI is InChI=1S/C20H27NO3/c1-14-8-6-10-18(16(14)3)21-19(22)13-24-20(23)12-11-17-9-5-4-7-15(17)2/h4-5,7,9,11-12,14,16,18H,6,8,10,13H2,1-3H3,(H,21,22)/b12-11+/t14-,16-,18-/m0/s1. The van der Waals surface area contributed by atoms with Crippen LogP contribution >= 0.6 is 0 Å². The zero-order valence-electron chi connectivity index (χ0n) is 14.7. The molecule has 0 heterocycles. The van der Waals surface area contributed by atoms with Gasteiger partial charge in [0.05, 0.1) is 0 Å². The van der Waals surface area contributed by atoms with Crippen LogP contribution in [0.3, 0.4) is 0 Å². The van der Waals surface area contributed by atoms with Crippen LogP contribution < -0.4 is 5.32 Å². The van der Waals surface area contributed by atoms with E-state index in [4.69, 9.17) is 4.74 Å². The Bertz CT molecular complexity index is 609. The number of benzene rings is 1. The van der Waals surface area contributed by atoms with Crippen LogP contribution in [0.1, 0.15) is 44.2 Å². The van der Waals surface area contributed by atoms with Crippen LogP contribution in [0.5, 0.6) is 0 Å². The Hall–Kier alpha value is -2.10. The zero-order valence-corrected chi connectivity index (χ0v) is 14.7. The lowest BCUT2D eigenvalue weighted by molar-refractivity contribution is -0.144. The third-order valence-corrected chi connectivity index (χ3v) is 4.99. The number of rotatable bonds is 5. The van der Waals surface area contributed by atoms with Gasteiger partial charge in [-0.15, -0.1) is 0 Å². The molecule has 1 aromatic carbocycles. The molecule has 130 valence electrons. The summed E-state index contributed by atoms with van der Waals surface area (Å²) in [4.78, 5) is 23.7. The highest BCUT2D eigenvalue weighted by atomic mass is 16.5. The Balaban J connectivity index is 1.77. The number of hydrogen-bond donors (Lipinski definition) is 1. The average Bonchev–Trinajstić information content (AvgIpc) is 2.56. The molecular formula is C20H27NO3. The van der Waals surface area contributed by atoms with Crippen molar-refractivity contribution in [2.75, 3.05) is 6.61 Å². The normalized spacial score (nSPS) is 23.9. The zero-order chi connectivity index (χ0) is 17.5. The predicted octanol–water partition coefficient (Wildman–Crippen LogP) is 3.49. The topological polar surface area (TPSA) is 55.4 Å². The van der Waals surface area contributed by atoms with Gasteiger partial charge in [0, 0.05) is 12.1 Å². The summed E-state index contributed by atoms with van der Waals surface area (Å²) in [5.74, 6) is 0.347. The number of amides is 1. The molecule has 3 atom stereocenters. The minimum atomic E-state index is -0.501. The molecule has 1 fully saturated rings. The van der Waals surface area contributed by atoms with Crippen LogP contribution in [0.15, 0.2) is 30.3 Å². The molecule has 1 saturated carbocycles. The maximum absolute atomic E-state index is 12.0. The number of carbonyl (C=O) groups excluding carboxylic acids is 2. The van der Waals surface area contributed by atoms with Gasteiger partial charge in [0.1, 0.15) is 0 Å². The van der Waals surface area contributed by atoms with E-state index in [1.54, 1.807) is 6.08 Å². The van der Waals surface area contributed by atoms with E-state index in [9.17, 15) is 9.59 Å². The molecule has 0 saturated heterocycles. The summed E-state index contributed by atoms with van der Waals surface area (Å²) in [6.07, 6.45) is 6.42. The summed E-state index contributed by atoms with van der Waals surface area (Å²) in [7, 11) is 0. The lowest BCUT2D eigenvalue weighted by Gasteiger charge is -2.34. The van der Waals surface area contributed by atoms with Crippen molar-refractivity contribution in [3.8, 4) is 0 Å². The Kier molecular flexibility index (Phi) is 6.59. The highest BCUT2D eigenvalue weighted by Gasteiger charge is 2.28. The van der Waals surface area contributed by atoms with Gasteiger partial charge in [-0.3, -0.25) is 4.79 Å². The highest BCUT2D eigenvalue weighted by Crippen LogP contribution is 2.29. The van der Waals surface area contributed by atoms with Gasteiger partial charge in [-0.05, 0) is 42.4 Å². The fraction of sp³-hybridized carbons (Fsp3) is 0.500. The molecule has 24 heavy (non-hydrogen) atoms. The molecule has 0 bridgehead atoms. The first kappa shape index (κ1) is 18.2. The Labute approximate surface area is 144 Å². The smallest absolute Gasteiger partial charge is 0.331 e. The molecule has 1 aromatic rings. The molecule has 0 aliphatic heterocycles. The van der Waals surface area contributed by atoms with E-state index in [0.717, 1.165) is 24.0 Å². The van der Waals surface area contributed by atoms with Gasteiger partial charge in [-0.25, -0.2) is 4.79 Å². The predicted molar refractivity (Wildman–Crippen MR) is 95.3 cm³/mol. The molecular weight excluding hydrogens is 302 g/mol. The molecule has 0 unspecified atom stereocenters. The maximum Gasteiger partial charge on any atom is 0.331 e. The molecule has 1 N–H and O–H groups in total. The minimum Gasteiger partial charge on any atom is -0.452 e. The molecule has 1 aliphatic rings. The van der Waals surface area contributed by atoms with E-state index in [1.165, 1.54) is 12.5 Å². The highest BCUT2D eigenvalue weighted by molar-refractivity contribution is 5.89. The van der Waals surface area contributed by atoms with Crippen molar-refractivity contribution in [1.29, 1.82) is 0 Å². The Morgan fingerprint density at radius 1 is 1.25 bits per heavy atom. The molecule has 0 aromatic heterocycles. The first-order valence-corrected chi connectivity index (χ1v) is 8.67. The van der Waals surface area contributed by atoms with Crippen LogP contribution in [-0.4, -0.2) is 24.5 Å². The van der Waals surface area contributed by atoms with Crippen LogP contribution in [0.25, 0.3) is 6.08 Å². The van der Waals surface area contributed by atoms with E-state index in [2.05, 4.69) is 19.2 Å². The van der Waals surface area contributed by atoms with Crippen molar-refractivity contribution in [3.63, 3.8) is 0 Å². The second-order valence-corrected chi connectivity index (χ2v) is 6.74. The number of ether oxygens (including phenoxy) is 1. The van der Waals surface area contributed by atoms with Crippen molar-refractivity contribution in [3.05, 3.63) is 41.5 Å². The quantitative estimate of drug-likeness (QED) is 0.664. The first-order valence-electron chi connectivity index (χ1n) is 8.67. The number of nitrogens with one attached hydrogen (secondary N) is 1. The van der Waals surface area contributed by atoms with E-state index in [1.807, 2.05) is 31.2 Å². The van der Waals surface area contributed by atoms with Crippen LogP contribution in [0.2, 0.25) is 0 Å². The largest absolute Gasteiger partial charge is 0.452 e. The van der Waals surface area contributed by atoms with Crippen LogP contribution in [0, 0.1) is 18.8 Å². The Morgan fingerprint density at radius 3 is 2.75 bits per heavy atom. The summed E-state index contributed by atoms with van der Waals surface area (Å²) >= 11 is 0. The van der Waals surface area contributed by atoms with E-state index >= 15 is 0 Å². The number of aryl methyl sites for hydroxylation is 1. The molecule has 1 amide bonds. The third kappa shape index (κ3) is 5.22. The van der Waals surface area contributed by atoms with Gasteiger partial charge < -0.3 is 10.1 Å². The molecule has 1 aliphatic carbocycles. The number of hydrogen-bond acceptors (Lipinski definition) is 3. The van der Waals surface area contributed by atoms with Gasteiger partial charge in [0.15, 0.2) is 6.61 Å². The van der Waals surface area contributed by atoms with E-state index < -0.39 is 5.97 Å². The lowest BCUT2D eigenvalue weighted by atomic mass is 9.78. The van der Waals surface area contributed by atoms with Gasteiger partial charge in [0.2, 0.25) is 0 Å². The average molecular weight is 329 g/mol. The summed E-state index contributed by atoms with van der Waals surface area (Å²) < 4.78 is 5.03. The summed E-state index contributed by atoms with van der Waals surface area (Å²) in [6.45, 7) is 6.14. The van der Waals surface area contributed by atoms with Crippen molar-refractivity contribution in [2.45, 2.75) is 46.1 Å². The summed E-state index contributed by atoms with van der Waals surface area (Å²) in [5.41, 5.74) is 2.05. The van der Waals surface area contributed by atoms with Gasteiger partial charge in [0.25, 0.3) is 5.91 Å². The maximum atomic E-state index is 12.0. The monoisotopic (exact) mass is 329 g/mol. The summed E-state index contributed by atoms with van der Waals surface area (Å²) in [5, 5.41) is 3.00. The summed E-state index contributed by atoms with van der Waals surface area (Å²) in [6, 6.07) is 7.95. The first-order chi connectivity index (χ1) is 11.5. The van der Waals surface area contributed by atoms with E-state index in [-0.39, 0.29) is 18.6 Å². The van der Waals surface area contributed by atoms with Crippen molar-refractivity contribution >= 4 is 18.0 Å². The molecule has 2 rings (SSSR count). The SMILES string of the molecule is Cc1ccccc1/C=C/C(=O)OCC(=O)N[C@H]1CCC[C@H](C)[C@@H]1C. The fourth-order valence-corrected chi connectivity index (χ4v) is 3.15. The second-order valence-electron chi connectivity index (χ2n) is 6.74. The second kappa shape index (κ2) is 8.67. The molecule has 0 spiro atoms. The van der Waals surface area contributed by atoms with E-state index in [0.29, 0.717) is 11.8 Å². The van der Waals surface area contributed by atoms with Gasteiger partial charge >= 0.3 is 5.97 Å². The third-order valence-electron chi connectivity index (χ3n) is 4.99. The van der Waals surface area contributed by atoms with Gasteiger partial charge in [-0.2, -0.15) is 0 Å². The van der Waals surface area contributed by atoms with Crippen molar-refractivity contribution in [2.24, 2.45) is 11.8 Å². The lowest BCUT2D eigenvalue weighted by Crippen LogP contribution is -2.45. The molecule has 0 radical (unpaired) electrons.